The molecule has 0 spiro atoms. The Labute approximate surface area is 130 Å². The smallest absolute Gasteiger partial charge is 0.243 e. The lowest BCUT2D eigenvalue weighted by Gasteiger charge is -2.16. The molecule has 5 nitrogen and oxygen atoms in total. The summed E-state index contributed by atoms with van der Waals surface area (Å²) in [6, 6.07) is 8.62. The number of halogens is 1. The summed E-state index contributed by atoms with van der Waals surface area (Å²) in [6.07, 6.45) is 3.68. The molecule has 1 atom stereocenters. The number of hydrogen-bond acceptors (Lipinski definition) is 4. The van der Waals surface area contributed by atoms with Gasteiger partial charge in [0.05, 0.1) is 5.52 Å². The van der Waals surface area contributed by atoms with Crippen LogP contribution in [0.15, 0.2) is 41.4 Å². The molecule has 1 aromatic carbocycles. The molecule has 3 N–H and O–H groups in total. The lowest BCUT2D eigenvalue weighted by atomic mass is 10.2. The summed E-state index contributed by atoms with van der Waals surface area (Å²) in [7, 11) is -3.60. The standard InChI is InChI=1S/C14H17N3O2S.ClH/c15-9-12(10-6-7-10)17-20(18,19)13-5-1-3-11-4-2-8-16-14(11)13;/h1-5,8,10,12,17H,6-7,9,15H2;1H. The molecule has 3 rings (SSSR count). The van der Waals surface area contributed by atoms with Gasteiger partial charge < -0.3 is 5.73 Å². The maximum absolute atomic E-state index is 12.5. The highest BCUT2D eigenvalue weighted by Gasteiger charge is 2.33. The predicted octanol–water partition coefficient (Wildman–Crippen LogP) is 1.67. The third-order valence-electron chi connectivity index (χ3n) is 3.64. The SMILES string of the molecule is Cl.NCC(NS(=O)(=O)c1cccc2cccnc12)C1CC1. The minimum absolute atomic E-state index is 0. The molecule has 1 aliphatic carbocycles. The van der Waals surface area contributed by atoms with E-state index >= 15 is 0 Å². The molecule has 1 aromatic heterocycles. The Hall–Kier alpha value is -1.21. The molecule has 0 aliphatic heterocycles. The highest BCUT2D eigenvalue weighted by Crippen LogP contribution is 2.33. The molecule has 1 fully saturated rings. The first-order chi connectivity index (χ1) is 9.62. The number of sulfonamides is 1. The maximum atomic E-state index is 12.5. The Kier molecular flexibility index (Phi) is 4.83. The zero-order valence-corrected chi connectivity index (χ0v) is 13.0. The van der Waals surface area contributed by atoms with Crippen molar-refractivity contribution in [2.75, 3.05) is 6.54 Å². The first kappa shape index (κ1) is 16.2. The van der Waals surface area contributed by atoms with Gasteiger partial charge in [-0.3, -0.25) is 4.98 Å². The normalized spacial score (nSPS) is 16.4. The van der Waals surface area contributed by atoms with Crippen LogP contribution in [0.1, 0.15) is 12.8 Å². The molecule has 2 aromatic rings. The predicted molar refractivity (Wildman–Crippen MR) is 84.9 cm³/mol. The van der Waals surface area contributed by atoms with Crippen LogP contribution in [-0.2, 0) is 10.0 Å². The zero-order chi connectivity index (χ0) is 14.2. The van der Waals surface area contributed by atoms with Gasteiger partial charge in [-0.15, -0.1) is 12.4 Å². The molecular weight excluding hydrogens is 310 g/mol. The number of hydrogen-bond donors (Lipinski definition) is 2. The summed E-state index contributed by atoms with van der Waals surface area (Å²) >= 11 is 0. The van der Waals surface area contributed by atoms with Crippen molar-refractivity contribution in [2.45, 2.75) is 23.8 Å². The van der Waals surface area contributed by atoms with Crippen molar-refractivity contribution in [1.29, 1.82) is 0 Å². The number of benzene rings is 1. The van der Waals surface area contributed by atoms with Gasteiger partial charge in [0, 0.05) is 24.2 Å². The second-order valence-electron chi connectivity index (χ2n) is 5.13. The highest BCUT2D eigenvalue weighted by atomic mass is 35.5. The molecule has 1 aliphatic rings. The van der Waals surface area contributed by atoms with E-state index in [1.807, 2.05) is 12.1 Å². The first-order valence-electron chi connectivity index (χ1n) is 6.68. The van der Waals surface area contributed by atoms with E-state index in [1.165, 1.54) is 0 Å². The van der Waals surface area contributed by atoms with Gasteiger partial charge >= 0.3 is 0 Å². The number of nitrogens with two attached hydrogens (primary N) is 1. The van der Waals surface area contributed by atoms with Crippen LogP contribution in [0.3, 0.4) is 0 Å². The number of pyridine rings is 1. The number of para-hydroxylation sites is 1. The lowest BCUT2D eigenvalue weighted by molar-refractivity contribution is 0.519. The van der Waals surface area contributed by atoms with E-state index in [4.69, 9.17) is 5.73 Å². The van der Waals surface area contributed by atoms with Crippen LogP contribution in [0.25, 0.3) is 10.9 Å². The van der Waals surface area contributed by atoms with Gasteiger partial charge in [-0.2, -0.15) is 0 Å². The topological polar surface area (TPSA) is 85.1 Å². The second kappa shape index (κ2) is 6.27. The number of fused-ring (bicyclic) bond motifs is 1. The van der Waals surface area contributed by atoms with Crippen molar-refractivity contribution in [3.63, 3.8) is 0 Å². The van der Waals surface area contributed by atoms with Crippen molar-refractivity contribution in [3.05, 3.63) is 36.5 Å². The van der Waals surface area contributed by atoms with E-state index in [9.17, 15) is 8.42 Å². The Morgan fingerprint density at radius 2 is 2.00 bits per heavy atom. The first-order valence-corrected chi connectivity index (χ1v) is 8.16. The molecule has 0 amide bonds. The molecule has 7 heteroatoms. The average Bonchev–Trinajstić information content (AvgIpc) is 3.29. The second-order valence-corrected chi connectivity index (χ2v) is 6.81. The summed E-state index contributed by atoms with van der Waals surface area (Å²) in [5.41, 5.74) is 6.16. The third-order valence-corrected chi connectivity index (χ3v) is 5.16. The average molecular weight is 328 g/mol. The quantitative estimate of drug-likeness (QED) is 0.874. The van der Waals surface area contributed by atoms with E-state index in [0.29, 0.717) is 18.0 Å². The molecule has 114 valence electrons. The van der Waals surface area contributed by atoms with E-state index in [1.54, 1.807) is 24.4 Å². The Bertz CT molecular complexity index is 727. The zero-order valence-electron chi connectivity index (χ0n) is 11.4. The molecule has 1 unspecified atom stereocenters. The van der Waals surface area contributed by atoms with E-state index < -0.39 is 10.0 Å². The van der Waals surface area contributed by atoms with Crippen LogP contribution in [0.4, 0.5) is 0 Å². The van der Waals surface area contributed by atoms with Gasteiger partial charge in [0.15, 0.2) is 0 Å². The summed E-state index contributed by atoms with van der Waals surface area (Å²) in [5.74, 6) is 0.373. The van der Waals surface area contributed by atoms with Crippen LogP contribution in [-0.4, -0.2) is 26.0 Å². The van der Waals surface area contributed by atoms with Crippen molar-refractivity contribution >= 4 is 33.3 Å². The molecule has 0 radical (unpaired) electrons. The minimum Gasteiger partial charge on any atom is -0.329 e. The van der Waals surface area contributed by atoms with Crippen molar-refractivity contribution in [3.8, 4) is 0 Å². The van der Waals surface area contributed by atoms with E-state index in [2.05, 4.69) is 9.71 Å². The van der Waals surface area contributed by atoms with Gasteiger partial charge in [-0.1, -0.05) is 18.2 Å². The van der Waals surface area contributed by atoms with Gasteiger partial charge in [0.2, 0.25) is 10.0 Å². The van der Waals surface area contributed by atoms with Crippen LogP contribution >= 0.6 is 12.4 Å². The fourth-order valence-corrected chi connectivity index (χ4v) is 3.89. The van der Waals surface area contributed by atoms with Gasteiger partial charge in [-0.25, -0.2) is 13.1 Å². The maximum Gasteiger partial charge on any atom is 0.243 e. The molecule has 1 heterocycles. The largest absolute Gasteiger partial charge is 0.329 e. The monoisotopic (exact) mass is 327 g/mol. The van der Waals surface area contributed by atoms with E-state index in [-0.39, 0.29) is 23.3 Å². The summed E-state index contributed by atoms with van der Waals surface area (Å²) in [4.78, 5) is 4.41. The van der Waals surface area contributed by atoms with Crippen molar-refractivity contribution in [1.82, 2.24) is 9.71 Å². The molecule has 1 saturated carbocycles. The number of aromatic nitrogens is 1. The number of nitrogens with zero attached hydrogens (tertiary/aromatic N) is 1. The van der Waals surface area contributed by atoms with Crippen LogP contribution < -0.4 is 10.5 Å². The van der Waals surface area contributed by atoms with Crippen LogP contribution in [0, 0.1) is 5.92 Å². The third kappa shape index (κ3) is 3.35. The Morgan fingerprint density at radius 3 is 2.67 bits per heavy atom. The molecule has 21 heavy (non-hydrogen) atoms. The number of nitrogens with one attached hydrogen (secondary N) is 1. The Balaban J connectivity index is 0.00000161. The minimum atomic E-state index is -3.60. The van der Waals surface area contributed by atoms with Gasteiger partial charge in [0.1, 0.15) is 4.90 Å². The fourth-order valence-electron chi connectivity index (χ4n) is 2.39. The number of rotatable bonds is 5. The van der Waals surface area contributed by atoms with Gasteiger partial charge in [0.25, 0.3) is 0 Å². The lowest BCUT2D eigenvalue weighted by Crippen LogP contribution is -2.41. The van der Waals surface area contributed by atoms with Gasteiger partial charge in [-0.05, 0) is 30.9 Å². The summed E-state index contributed by atoms with van der Waals surface area (Å²) in [6.45, 7) is 0.322. The summed E-state index contributed by atoms with van der Waals surface area (Å²) < 4.78 is 27.8. The molecule has 0 saturated heterocycles. The van der Waals surface area contributed by atoms with Crippen LogP contribution in [0.5, 0.6) is 0 Å². The van der Waals surface area contributed by atoms with E-state index in [0.717, 1.165) is 18.2 Å². The fraction of sp³-hybridized carbons (Fsp3) is 0.357. The van der Waals surface area contributed by atoms with Crippen molar-refractivity contribution < 1.29 is 8.42 Å². The molecule has 0 bridgehead atoms. The summed E-state index contributed by atoms with van der Waals surface area (Å²) in [5, 5.41) is 0.811. The van der Waals surface area contributed by atoms with Crippen molar-refractivity contribution in [2.24, 2.45) is 11.7 Å². The van der Waals surface area contributed by atoms with Crippen LogP contribution in [0.2, 0.25) is 0 Å². The molecular formula is C14H18ClN3O2S. The highest BCUT2D eigenvalue weighted by molar-refractivity contribution is 7.89. The Morgan fingerprint density at radius 1 is 1.29 bits per heavy atom.